The Morgan fingerprint density at radius 3 is 2.09 bits per heavy atom. The predicted molar refractivity (Wildman–Crippen MR) is 46.4 cm³/mol. The Balaban J connectivity index is 1.94. The largest absolute Gasteiger partial charge is 0.327 e. The summed E-state index contributed by atoms with van der Waals surface area (Å²) in [6.07, 6.45) is 5.71. The van der Waals surface area contributed by atoms with E-state index in [1.165, 1.54) is 25.7 Å². The molecule has 2 heteroatoms. The van der Waals surface area contributed by atoms with Crippen LogP contribution in [0.2, 0.25) is 0 Å². The van der Waals surface area contributed by atoms with Crippen molar-refractivity contribution < 1.29 is 0 Å². The Hall–Kier alpha value is -0.0800. The first kappa shape index (κ1) is 7.56. The summed E-state index contributed by atoms with van der Waals surface area (Å²) in [5.41, 5.74) is 5.78. The topological polar surface area (TPSA) is 29.3 Å². The van der Waals surface area contributed by atoms with E-state index in [1.807, 2.05) is 0 Å². The molecule has 0 aliphatic carbocycles. The van der Waals surface area contributed by atoms with Crippen LogP contribution in [-0.2, 0) is 0 Å². The quantitative estimate of drug-likeness (QED) is 0.642. The fraction of sp³-hybridized carbons (Fsp3) is 1.00. The average Bonchev–Trinajstić information content (AvgIpc) is 2.48. The minimum absolute atomic E-state index is 0.358. The van der Waals surface area contributed by atoms with Gasteiger partial charge in [-0.1, -0.05) is 0 Å². The van der Waals surface area contributed by atoms with Gasteiger partial charge in [0, 0.05) is 24.7 Å². The van der Waals surface area contributed by atoms with E-state index in [0.717, 1.165) is 18.6 Å². The van der Waals surface area contributed by atoms with Gasteiger partial charge in [0.15, 0.2) is 0 Å². The average molecular weight is 154 g/mol. The molecule has 0 spiro atoms. The summed E-state index contributed by atoms with van der Waals surface area (Å²) in [4.78, 5) is 2.63. The highest BCUT2D eigenvalue weighted by Crippen LogP contribution is 2.36. The first-order chi connectivity index (χ1) is 5.27. The molecular weight excluding hydrogens is 136 g/mol. The van der Waals surface area contributed by atoms with Crippen molar-refractivity contribution in [2.45, 2.75) is 50.7 Å². The van der Waals surface area contributed by atoms with Gasteiger partial charge in [0.05, 0.1) is 0 Å². The molecule has 2 bridgehead atoms. The van der Waals surface area contributed by atoms with Crippen LogP contribution in [0.3, 0.4) is 0 Å². The number of hydrogen-bond donors (Lipinski definition) is 1. The van der Waals surface area contributed by atoms with Crippen molar-refractivity contribution in [2.24, 2.45) is 5.73 Å². The predicted octanol–water partition coefficient (Wildman–Crippen LogP) is 0.960. The molecule has 2 fully saturated rings. The molecule has 0 aromatic carbocycles. The normalized spacial score (nSPS) is 39.8. The third-order valence-corrected chi connectivity index (χ3v) is 3.10. The van der Waals surface area contributed by atoms with Crippen LogP contribution in [0.5, 0.6) is 0 Å². The molecule has 0 radical (unpaired) electrons. The zero-order valence-corrected chi connectivity index (χ0v) is 7.29. The van der Waals surface area contributed by atoms with Gasteiger partial charge in [0.2, 0.25) is 0 Å². The van der Waals surface area contributed by atoms with Crippen molar-refractivity contribution in [1.29, 1.82) is 0 Å². The van der Waals surface area contributed by atoms with Crippen LogP contribution in [0.4, 0.5) is 0 Å². The van der Waals surface area contributed by atoms with Crippen LogP contribution >= 0.6 is 0 Å². The van der Waals surface area contributed by atoms with E-state index in [2.05, 4.69) is 11.8 Å². The van der Waals surface area contributed by atoms with Crippen LogP contribution in [-0.4, -0.2) is 29.6 Å². The van der Waals surface area contributed by atoms with Gasteiger partial charge in [-0.15, -0.1) is 0 Å². The second-order valence-electron chi connectivity index (χ2n) is 4.14. The molecule has 0 aromatic heterocycles. The number of hydrogen-bond acceptors (Lipinski definition) is 2. The maximum absolute atomic E-state index is 5.78. The number of fused-ring (bicyclic) bond motifs is 2. The highest BCUT2D eigenvalue weighted by atomic mass is 15.2. The van der Waals surface area contributed by atoms with Crippen LogP contribution in [0.25, 0.3) is 0 Å². The lowest BCUT2D eigenvalue weighted by atomic mass is 10.0. The Labute approximate surface area is 68.7 Å². The lowest BCUT2D eigenvalue weighted by Gasteiger charge is -2.23. The molecular formula is C9H18N2. The van der Waals surface area contributed by atoms with Gasteiger partial charge in [0.25, 0.3) is 0 Å². The monoisotopic (exact) mass is 154 g/mol. The van der Waals surface area contributed by atoms with E-state index < -0.39 is 0 Å². The molecule has 2 rings (SSSR count). The standard InChI is InChI=1S/C9H18N2/c1-7(10)6-11-8-2-3-9(11)5-4-8/h7-9H,2-6,10H2,1H3/t7-,8?,9?/m1/s1. The van der Waals surface area contributed by atoms with Crippen molar-refractivity contribution in [1.82, 2.24) is 4.90 Å². The van der Waals surface area contributed by atoms with Gasteiger partial charge in [-0.2, -0.15) is 0 Å². The van der Waals surface area contributed by atoms with Crippen LogP contribution in [0.1, 0.15) is 32.6 Å². The first-order valence-corrected chi connectivity index (χ1v) is 4.78. The van der Waals surface area contributed by atoms with E-state index in [9.17, 15) is 0 Å². The van der Waals surface area contributed by atoms with Gasteiger partial charge in [-0.05, 0) is 32.6 Å². The Bertz CT molecular complexity index is 124. The second kappa shape index (κ2) is 2.76. The second-order valence-corrected chi connectivity index (χ2v) is 4.14. The van der Waals surface area contributed by atoms with Crippen LogP contribution in [0.15, 0.2) is 0 Å². The Kier molecular flexibility index (Phi) is 1.90. The summed E-state index contributed by atoms with van der Waals surface area (Å²) in [6.45, 7) is 3.23. The molecule has 64 valence electrons. The number of nitrogens with zero attached hydrogens (tertiary/aromatic N) is 1. The SMILES string of the molecule is C[C@@H](N)CN1C2CCC1CC2. The highest BCUT2D eigenvalue weighted by Gasteiger charge is 2.38. The summed E-state index contributed by atoms with van der Waals surface area (Å²) in [7, 11) is 0. The van der Waals surface area contributed by atoms with E-state index in [4.69, 9.17) is 5.73 Å². The molecule has 2 aliphatic rings. The molecule has 2 N–H and O–H groups in total. The summed E-state index contributed by atoms with van der Waals surface area (Å²) >= 11 is 0. The summed E-state index contributed by atoms with van der Waals surface area (Å²) < 4.78 is 0. The summed E-state index contributed by atoms with van der Waals surface area (Å²) in [6, 6.07) is 2.15. The zero-order chi connectivity index (χ0) is 7.84. The lowest BCUT2D eigenvalue weighted by Crippen LogP contribution is -2.38. The van der Waals surface area contributed by atoms with Crippen molar-refractivity contribution in [3.63, 3.8) is 0 Å². The minimum Gasteiger partial charge on any atom is -0.327 e. The van der Waals surface area contributed by atoms with Gasteiger partial charge in [-0.25, -0.2) is 0 Å². The maximum Gasteiger partial charge on any atom is 0.0139 e. The molecule has 0 amide bonds. The van der Waals surface area contributed by atoms with Gasteiger partial charge < -0.3 is 5.73 Å². The van der Waals surface area contributed by atoms with Crippen molar-refractivity contribution in [3.05, 3.63) is 0 Å². The third kappa shape index (κ3) is 1.30. The molecule has 0 aromatic rings. The molecule has 2 aliphatic heterocycles. The molecule has 2 heterocycles. The molecule has 2 nitrogen and oxygen atoms in total. The molecule has 2 saturated heterocycles. The van der Waals surface area contributed by atoms with Crippen LogP contribution in [0, 0.1) is 0 Å². The first-order valence-electron chi connectivity index (χ1n) is 4.78. The Morgan fingerprint density at radius 1 is 1.27 bits per heavy atom. The Morgan fingerprint density at radius 2 is 1.73 bits per heavy atom. The van der Waals surface area contributed by atoms with Gasteiger partial charge >= 0.3 is 0 Å². The summed E-state index contributed by atoms with van der Waals surface area (Å²) in [5.74, 6) is 0. The van der Waals surface area contributed by atoms with Crippen LogP contribution < -0.4 is 5.73 Å². The molecule has 0 saturated carbocycles. The van der Waals surface area contributed by atoms with Crippen molar-refractivity contribution >= 4 is 0 Å². The number of rotatable bonds is 2. The smallest absolute Gasteiger partial charge is 0.0139 e. The van der Waals surface area contributed by atoms with Crippen molar-refractivity contribution in [2.75, 3.05) is 6.54 Å². The highest BCUT2D eigenvalue weighted by molar-refractivity contribution is 4.95. The van der Waals surface area contributed by atoms with E-state index in [0.29, 0.717) is 6.04 Å². The summed E-state index contributed by atoms with van der Waals surface area (Å²) in [5, 5.41) is 0. The van der Waals surface area contributed by atoms with Crippen molar-refractivity contribution in [3.8, 4) is 0 Å². The third-order valence-electron chi connectivity index (χ3n) is 3.10. The lowest BCUT2D eigenvalue weighted by molar-refractivity contribution is 0.241. The molecule has 11 heavy (non-hydrogen) atoms. The molecule has 1 atom stereocenters. The van der Waals surface area contributed by atoms with Gasteiger partial charge in [-0.3, -0.25) is 4.90 Å². The van der Waals surface area contributed by atoms with Gasteiger partial charge in [0.1, 0.15) is 0 Å². The zero-order valence-electron chi connectivity index (χ0n) is 7.29. The fourth-order valence-electron chi connectivity index (χ4n) is 2.65. The minimum atomic E-state index is 0.358. The maximum atomic E-state index is 5.78. The fourth-order valence-corrected chi connectivity index (χ4v) is 2.65. The van der Waals surface area contributed by atoms with E-state index in [1.54, 1.807) is 0 Å². The van der Waals surface area contributed by atoms with E-state index >= 15 is 0 Å². The number of nitrogens with two attached hydrogens (primary N) is 1. The molecule has 0 unspecified atom stereocenters. The van der Waals surface area contributed by atoms with E-state index in [-0.39, 0.29) is 0 Å².